The van der Waals surface area contributed by atoms with Gasteiger partial charge in [0, 0.05) is 12.6 Å². The van der Waals surface area contributed by atoms with Crippen LogP contribution in [-0.2, 0) is 10.0 Å². The van der Waals surface area contributed by atoms with E-state index in [0.717, 1.165) is 17.4 Å². The molecule has 1 aromatic rings. The highest BCUT2D eigenvalue weighted by atomic mass is 32.2. The topological polar surface area (TPSA) is 72.2 Å². The van der Waals surface area contributed by atoms with Crippen molar-refractivity contribution in [1.29, 1.82) is 0 Å². The highest BCUT2D eigenvalue weighted by molar-refractivity contribution is 7.89. The third kappa shape index (κ3) is 3.65. The molecule has 2 fully saturated rings. The molecule has 5 heteroatoms. The van der Waals surface area contributed by atoms with E-state index in [9.17, 15) is 8.42 Å². The quantitative estimate of drug-likeness (QED) is 0.812. The lowest BCUT2D eigenvalue weighted by Crippen LogP contribution is -2.31. The van der Waals surface area contributed by atoms with Crippen LogP contribution in [0, 0.1) is 17.8 Å². The first-order valence-corrected chi connectivity index (χ1v) is 9.31. The Morgan fingerprint density at radius 1 is 1.14 bits per heavy atom. The van der Waals surface area contributed by atoms with Gasteiger partial charge in [0.15, 0.2) is 0 Å². The molecule has 1 aromatic carbocycles. The van der Waals surface area contributed by atoms with Gasteiger partial charge in [-0.1, -0.05) is 12.1 Å². The first-order valence-electron chi connectivity index (χ1n) is 7.82. The van der Waals surface area contributed by atoms with Gasteiger partial charge in [0.1, 0.15) is 0 Å². The number of rotatable bonds is 7. The Hall–Kier alpha value is -0.910. The summed E-state index contributed by atoms with van der Waals surface area (Å²) in [5.74, 6) is 2.05. The Labute approximate surface area is 127 Å². The van der Waals surface area contributed by atoms with Crippen molar-refractivity contribution in [2.45, 2.75) is 43.5 Å². The lowest BCUT2D eigenvalue weighted by molar-refractivity contribution is 0.401. The molecule has 0 saturated heterocycles. The zero-order chi connectivity index (χ0) is 15.0. The van der Waals surface area contributed by atoms with Crippen LogP contribution in [0.2, 0.25) is 0 Å². The standard InChI is InChI=1S/C16H24N2O2S/c1-11(17)12-6-8-15(9-7-12)21(19,20)18-10-16(13-2-3-13)14-4-5-14/h6-9,11,13-14,16,18H,2-5,10,17H2,1H3. The van der Waals surface area contributed by atoms with E-state index in [1.54, 1.807) is 24.3 Å². The van der Waals surface area contributed by atoms with Crippen LogP contribution in [0.3, 0.4) is 0 Å². The highest BCUT2D eigenvalue weighted by Gasteiger charge is 2.41. The molecule has 0 amide bonds. The Morgan fingerprint density at radius 2 is 1.67 bits per heavy atom. The molecule has 3 N–H and O–H groups in total. The number of nitrogens with one attached hydrogen (secondary N) is 1. The molecule has 2 aliphatic carbocycles. The first-order chi connectivity index (χ1) is 9.97. The molecule has 2 aliphatic rings. The van der Waals surface area contributed by atoms with E-state index >= 15 is 0 Å². The minimum atomic E-state index is -3.40. The average Bonchev–Trinajstić information content (AvgIpc) is 3.32. The van der Waals surface area contributed by atoms with Crippen molar-refractivity contribution in [3.8, 4) is 0 Å². The summed E-state index contributed by atoms with van der Waals surface area (Å²) in [4.78, 5) is 0.331. The van der Waals surface area contributed by atoms with Crippen molar-refractivity contribution >= 4 is 10.0 Å². The molecule has 1 atom stereocenters. The summed E-state index contributed by atoms with van der Waals surface area (Å²) >= 11 is 0. The Balaban J connectivity index is 1.65. The summed E-state index contributed by atoms with van der Waals surface area (Å²) in [6.45, 7) is 2.48. The predicted molar refractivity (Wildman–Crippen MR) is 83.2 cm³/mol. The molecule has 116 valence electrons. The monoisotopic (exact) mass is 308 g/mol. The van der Waals surface area contributed by atoms with E-state index in [0.29, 0.717) is 17.4 Å². The van der Waals surface area contributed by atoms with Gasteiger partial charge in [-0.3, -0.25) is 0 Å². The van der Waals surface area contributed by atoms with Crippen molar-refractivity contribution in [2.24, 2.45) is 23.5 Å². The zero-order valence-corrected chi connectivity index (χ0v) is 13.3. The summed E-state index contributed by atoms with van der Waals surface area (Å²) in [5, 5.41) is 0. The van der Waals surface area contributed by atoms with Gasteiger partial charge >= 0.3 is 0 Å². The third-order valence-electron chi connectivity index (χ3n) is 4.68. The molecule has 21 heavy (non-hydrogen) atoms. The second kappa shape index (κ2) is 5.71. The van der Waals surface area contributed by atoms with Gasteiger partial charge in [-0.15, -0.1) is 0 Å². The Bertz CT molecular complexity index is 575. The molecule has 0 aliphatic heterocycles. The summed E-state index contributed by atoms with van der Waals surface area (Å²) in [5.41, 5.74) is 6.73. The van der Waals surface area contributed by atoms with E-state index in [2.05, 4.69) is 4.72 Å². The molecule has 0 bridgehead atoms. The summed E-state index contributed by atoms with van der Waals surface area (Å²) in [6, 6.07) is 6.79. The minimum absolute atomic E-state index is 0.0798. The number of hydrogen-bond acceptors (Lipinski definition) is 3. The maximum Gasteiger partial charge on any atom is 0.240 e. The van der Waals surface area contributed by atoms with Gasteiger partial charge < -0.3 is 5.73 Å². The predicted octanol–water partition coefficient (Wildman–Crippen LogP) is 2.42. The van der Waals surface area contributed by atoms with Gasteiger partial charge in [-0.25, -0.2) is 13.1 Å². The lowest BCUT2D eigenvalue weighted by Gasteiger charge is -2.16. The van der Waals surface area contributed by atoms with Crippen LogP contribution in [0.25, 0.3) is 0 Å². The van der Waals surface area contributed by atoms with Gasteiger partial charge in [-0.05, 0) is 68.1 Å². The van der Waals surface area contributed by atoms with E-state index in [-0.39, 0.29) is 6.04 Å². The minimum Gasteiger partial charge on any atom is -0.324 e. The maximum absolute atomic E-state index is 12.4. The second-order valence-corrected chi connectivity index (χ2v) is 8.32. The molecule has 0 radical (unpaired) electrons. The van der Waals surface area contributed by atoms with Crippen LogP contribution >= 0.6 is 0 Å². The van der Waals surface area contributed by atoms with Gasteiger partial charge in [0.05, 0.1) is 4.90 Å². The second-order valence-electron chi connectivity index (χ2n) is 6.55. The molecule has 0 aromatic heterocycles. The SMILES string of the molecule is CC(N)c1ccc(S(=O)(=O)NCC(C2CC2)C2CC2)cc1. The van der Waals surface area contributed by atoms with Crippen molar-refractivity contribution in [3.63, 3.8) is 0 Å². The Kier molecular flexibility index (Phi) is 4.08. The van der Waals surface area contributed by atoms with Crippen LogP contribution in [0.4, 0.5) is 0 Å². The number of nitrogens with two attached hydrogens (primary N) is 1. The van der Waals surface area contributed by atoms with Crippen molar-refractivity contribution in [3.05, 3.63) is 29.8 Å². The van der Waals surface area contributed by atoms with E-state index in [1.807, 2.05) is 6.92 Å². The third-order valence-corrected chi connectivity index (χ3v) is 6.12. The first kappa shape index (κ1) is 15.0. The number of sulfonamides is 1. The van der Waals surface area contributed by atoms with Gasteiger partial charge in [0.25, 0.3) is 0 Å². The molecule has 4 nitrogen and oxygen atoms in total. The molecule has 2 saturated carbocycles. The van der Waals surface area contributed by atoms with Crippen molar-refractivity contribution < 1.29 is 8.42 Å². The summed E-state index contributed by atoms with van der Waals surface area (Å²) < 4.78 is 27.5. The number of benzene rings is 1. The van der Waals surface area contributed by atoms with Crippen molar-refractivity contribution in [1.82, 2.24) is 4.72 Å². The normalized spacial score (nSPS) is 20.7. The molecular formula is C16H24N2O2S. The van der Waals surface area contributed by atoms with E-state index < -0.39 is 10.0 Å². The molecular weight excluding hydrogens is 284 g/mol. The maximum atomic E-state index is 12.4. The fourth-order valence-corrected chi connectivity index (χ4v) is 4.08. The van der Waals surface area contributed by atoms with Gasteiger partial charge in [-0.2, -0.15) is 0 Å². The van der Waals surface area contributed by atoms with Crippen LogP contribution < -0.4 is 10.5 Å². The van der Waals surface area contributed by atoms with E-state index in [1.165, 1.54) is 25.7 Å². The van der Waals surface area contributed by atoms with Crippen LogP contribution in [0.5, 0.6) is 0 Å². The zero-order valence-electron chi connectivity index (χ0n) is 12.5. The lowest BCUT2D eigenvalue weighted by atomic mass is 9.99. The molecule has 3 rings (SSSR count). The number of hydrogen-bond donors (Lipinski definition) is 2. The fraction of sp³-hybridized carbons (Fsp3) is 0.625. The fourth-order valence-electron chi connectivity index (χ4n) is 3.01. The highest BCUT2D eigenvalue weighted by Crippen LogP contribution is 2.48. The molecule has 0 heterocycles. The smallest absolute Gasteiger partial charge is 0.240 e. The van der Waals surface area contributed by atoms with Crippen molar-refractivity contribution in [2.75, 3.05) is 6.54 Å². The summed E-state index contributed by atoms with van der Waals surface area (Å²) in [7, 11) is -3.40. The summed E-state index contributed by atoms with van der Waals surface area (Å²) in [6.07, 6.45) is 5.08. The van der Waals surface area contributed by atoms with Crippen LogP contribution in [0.1, 0.15) is 44.2 Å². The largest absolute Gasteiger partial charge is 0.324 e. The van der Waals surface area contributed by atoms with E-state index in [4.69, 9.17) is 5.73 Å². The molecule has 0 spiro atoms. The van der Waals surface area contributed by atoms with Gasteiger partial charge in [0.2, 0.25) is 10.0 Å². The Morgan fingerprint density at radius 3 is 2.10 bits per heavy atom. The average molecular weight is 308 g/mol. The molecule has 1 unspecified atom stereocenters. The van der Waals surface area contributed by atoms with Crippen LogP contribution in [-0.4, -0.2) is 15.0 Å². The van der Waals surface area contributed by atoms with Crippen LogP contribution in [0.15, 0.2) is 29.2 Å².